The molecular formula is C23H40O2. The van der Waals surface area contributed by atoms with Crippen LogP contribution in [0.2, 0.25) is 0 Å². The number of ether oxygens (including phenoxy) is 1. The highest BCUT2D eigenvalue weighted by Gasteiger charge is 2.55. The molecule has 1 N–H and O–H groups in total. The summed E-state index contributed by atoms with van der Waals surface area (Å²) in [6.07, 6.45) is 14.8. The minimum Gasteiger partial charge on any atom is -0.390 e. The molecule has 0 spiro atoms. The zero-order valence-corrected chi connectivity index (χ0v) is 16.8. The fourth-order valence-corrected chi connectivity index (χ4v) is 8.04. The van der Waals surface area contributed by atoms with Crippen LogP contribution in [-0.2, 0) is 4.74 Å². The number of methoxy groups -OCH3 is 1. The Labute approximate surface area is 155 Å². The maximum absolute atomic E-state index is 10.6. The van der Waals surface area contributed by atoms with Crippen molar-refractivity contribution in [1.82, 2.24) is 0 Å². The van der Waals surface area contributed by atoms with Crippen molar-refractivity contribution in [2.75, 3.05) is 13.7 Å². The van der Waals surface area contributed by atoms with Crippen molar-refractivity contribution < 1.29 is 9.84 Å². The third kappa shape index (κ3) is 3.20. The summed E-state index contributed by atoms with van der Waals surface area (Å²) < 4.78 is 5.67. The van der Waals surface area contributed by atoms with Crippen LogP contribution in [0.4, 0.5) is 0 Å². The maximum Gasteiger partial charge on any atom is 0.0622 e. The van der Waals surface area contributed by atoms with Crippen molar-refractivity contribution in [3.8, 4) is 0 Å². The van der Waals surface area contributed by atoms with Crippen LogP contribution in [0.1, 0.15) is 84.5 Å². The molecule has 2 heteroatoms. The monoisotopic (exact) mass is 348 g/mol. The van der Waals surface area contributed by atoms with Crippen LogP contribution in [0.5, 0.6) is 0 Å². The Bertz CT molecular complexity index is 473. The molecule has 4 saturated carbocycles. The zero-order chi connectivity index (χ0) is 17.7. The highest BCUT2D eigenvalue weighted by Crippen LogP contribution is 2.62. The Morgan fingerprint density at radius 1 is 0.880 bits per heavy atom. The first-order valence-electron chi connectivity index (χ1n) is 11.2. The molecule has 8 atom stereocenters. The predicted octanol–water partition coefficient (Wildman–Crippen LogP) is 5.43. The summed E-state index contributed by atoms with van der Waals surface area (Å²) >= 11 is 0. The molecule has 4 aliphatic rings. The van der Waals surface area contributed by atoms with E-state index >= 15 is 0 Å². The standard InChI is InChI=1S/C23H40O2/c1-22(24)12-10-18-16(14-22)8-9-20-19(18)11-13-23(2)17(15-25-3)6-4-5-7-21(20)23/h16-21,24H,4-15H2,1-3H3. The second-order valence-electron chi connectivity index (χ2n) is 10.7. The molecule has 0 saturated heterocycles. The molecule has 4 rings (SSSR count). The van der Waals surface area contributed by atoms with E-state index in [-0.39, 0.29) is 5.60 Å². The molecule has 0 bridgehead atoms. The fraction of sp³-hybridized carbons (Fsp3) is 1.00. The van der Waals surface area contributed by atoms with Crippen LogP contribution in [-0.4, -0.2) is 24.4 Å². The highest BCUT2D eigenvalue weighted by atomic mass is 16.5. The van der Waals surface area contributed by atoms with E-state index in [1.807, 2.05) is 7.11 Å². The van der Waals surface area contributed by atoms with Crippen LogP contribution in [0.25, 0.3) is 0 Å². The molecule has 0 radical (unpaired) electrons. The minimum absolute atomic E-state index is 0.386. The van der Waals surface area contributed by atoms with Crippen molar-refractivity contribution >= 4 is 0 Å². The van der Waals surface area contributed by atoms with Gasteiger partial charge in [-0.1, -0.05) is 19.8 Å². The van der Waals surface area contributed by atoms with E-state index in [1.54, 1.807) is 0 Å². The van der Waals surface area contributed by atoms with Crippen LogP contribution in [0, 0.1) is 40.9 Å². The smallest absolute Gasteiger partial charge is 0.0622 e. The SMILES string of the molecule is COCC1CCCCC2C3CCC4CC(C)(O)CCC4C3CCC12C. The van der Waals surface area contributed by atoms with E-state index in [0.29, 0.717) is 5.41 Å². The quantitative estimate of drug-likeness (QED) is 0.720. The third-order valence-corrected chi connectivity index (χ3v) is 9.29. The van der Waals surface area contributed by atoms with Gasteiger partial charge in [0.25, 0.3) is 0 Å². The Morgan fingerprint density at radius 3 is 2.44 bits per heavy atom. The van der Waals surface area contributed by atoms with Gasteiger partial charge in [0, 0.05) is 13.7 Å². The van der Waals surface area contributed by atoms with Gasteiger partial charge in [-0.25, -0.2) is 0 Å². The molecule has 0 aromatic rings. The van der Waals surface area contributed by atoms with Gasteiger partial charge < -0.3 is 9.84 Å². The van der Waals surface area contributed by atoms with Gasteiger partial charge in [-0.15, -0.1) is 0 Å². The van der Waals surface area contributed by atoms with Crippen LogP contribution in [0.3, 0.4) is 0 Å². The number of aliphatic hydroxyl groups is 1. The molecular weight excluding hydrogens is 308 g/mol. The first kappa shape index (κ1) is 18.3. The maximum atomic E-state index is 10.6. The lowest BCUT2D eigenvalue weighted by Crippen LogP contribution is -2.52. The van der Waals surface area contributed by atoms with Crippen LogP contribution < -0.4 is 0 Å². The Kier molecular flexibility index (Phi) is 4.99. The summed E-state index contributed by atoms with van der Waals surface area (Å²) in [5, 5.41) is 10.6. The molecule has 0 aromatic heterocycles. The lowest BCUT2D eigenvalue weighted by Gasteiger charge is -2.59. The van der Waals surface area contributed by atoms with E-state index in [0.717, 1.165) is 55.0 Å². The molecule has 2 nitrogen and oxygen atoms in total. The Hall–Kier alpha value is -0.0800. The second kappa shape index (κ2) is 6.82. The number of hydrogen-bond acceptors (Lipinski definition) is 2. The molecule has 0 amide bonds. The fourth-order valence-electron chi connectivity index (χ4n) is 8.04. The largest absolute Gasteiger partial charge is 0.390 e. The summed E-state index contributed by atoms with van der Waals surface area (Å²) in [6.45, 7) is 5.67. The topological polar surface area (TPSA) is 29.5 Å². The summed E-state index contributed by atoms with van der Waals surface area (Å²) in [6, 6.07) is 0. The second-order valence-corrected chi connectivity index (χ2v) is 10.7. The van der Waals surface area contributed by atoms with E-state index < -0.39 is 0 Å². The van der Waals surface area contributed by atoms with Crippen molar-refractivity contribution in [3.63, 3.8) is 0 Å². The van der Waals surface area contributed by atoms with E-state index in [2.05, 4.69) is 13.8 Å². The van der Waals surface area contributed by atoms with E-state index in [1.165, 1.54) is 57.8 Å². The molecule has 144 valence electrons. The summed E-state index contributed by atoms with van der Waals surface area (Å²) in [4.78, 5) is 0. The normalized spacial score (nSPS) is 53.3. The molecule has 0 heterocycles. The van der Waals surface area contributed by atoms with Gasteiger partial charge in [-0.05, 0) is 106 Å². The molecule has 4 aliphatic carbocycles. The summed E-state index contributed by atoms with van der Waals surface area (Å²) in [7, 11) is 1.90. The highest BCUT2D eigenvalue weighted by molar-refractivity contribution is 5.04. The van der Waals surface area contributed by atoms with Crippen LogP contribution in [0.15, 0.2) is 0 Å². The van der Waals surface area contributed by atoms with Gasteiger partial charge in [0.2, 0.25) is 0 Å². The molecule has 0 aromatic carbocycles. The van der Waals surface area contributed by atoms with Gasteiger partial charge >= 0.3 is 0 Å². The number of rotatable bonds is 2. The van der Waals surface area contributed by atoms with E-state index in [4.69, 9.17) is 4.74 Å². The average molecular weight is 349 g/mol. The third-order valence-electron chi connectivity index (χ3n) is 9.29. The molecule has 25 heavy (non-hydrogen) atoms. The first-order valence-corrected chi connectivity index (χ1v) is 11.2. The van der Waals surface area contributed by atoms with Crippen molar-refractivity contribution in [2.24, 2.45) is 40.9 Å². The van der Waals surface area contributed by atoms with Gasteiger partial charge in [0.05, 0.1) is 5.60 Å². The minimum atomic E-state index is -0.386. The molecule has 0 aliphatic heterocycles. The lowest BCUT2D eigenvalue weighted by atomic mass is 9.47. The van der Waals surface area contributed by atoms with Crippen molar-refractivity contribution in [2.45, 2.75) is 90.1 Å². The number of hydrogen-bond donors (Lipinski definition) is 1. The Morgan fingerprint density at radius 2 is 1.64 bits per heavy atom. The van der Waals surface area contributed by atoms with Crippen molar-refractivity contribution in [3.05, 3.63) is 0 Å². The van der Waals surface area contributed by atoms with Gasteiger partial charge in [-0.2, -0.15) is 0 Å². The lowest BCUT2D eigenvalue weighted by molar-refractivity contribution is -0.118. The summed E-state index contributed by atoms with van der Waals surface area (Å²) in [5.41, 5.74) is 0.129. The molecule has 8 unspecified atom stereocenters. The average Bonchev–Trinajstić information content (AvgIpc) is 2.73. The van der Waals surface area contributed by atoms with Gasteiger partial charge in [0.1, 0.15) is 0 Å². The van der Waals surface area contributed by atoms with Gasteiger partial charge in [0.15, 0.2) is 0 Å². The number of fused-ring (bicyclic) bond motifs is 5. The summed E-state index contributed by atoms with van der Waals surface area (Å²) in [5.74, 6) is 5.32. The van der Waals surface area contributed by atoms with E-state index in [9.17, 15) is 5.11 Å². The van der Waals surface area contributed by atoms with Gasteiger partial charge in [-0.3, -0.25) is 0 Å². The zero-order valence-electron chi connectivity index (χ0n) is 16.8. The first-order chi connectivity index (χ1) is 11.9. The van der Waals surface area contributed by atoms with Crippen LogP contribution >= 0.6 is 0 Å². The van der Waals surface area contributed by atoms with Crippen molar-refractivity contribution in [1.29, 1.82) is 0 Å². The predicted molar refractivity (Wildman–Crippen MR) is 102 cm³/mol. The molecule has 4 fully saturated rings. The Balaban J connectivity index is 1.56.